The fraction of sp³-hybridized carbons (Fsp3) is 0.0333. The fourth-order valence-corrected chi connectivity index (χ4v) is 4.47. The molecule has 0 spiro atoms. The molecule has 0 saturated heterocycles. The highest BCUT2D eigenvalue weighted by Crippen LogP contribution is 2.25. The van der Waals surface area contributed by atoms with Crippen molar-refractivity contribution in [2.24, 2.45) is 0 Å². The predicted molar refractivity (Wildman–Crippen MR) is 143 cm³/mol. The number of nitrogens with one attached hydrogen (secondary N) is 1. The van der Waals surface area contributed by atoms with Crippen molar-refractivity contribution in [3.8, 4) is 11.1 Å². The van der Waals surface area contributed by atoms with Gasteiger partial charge < -0.3 is 14.9 Å². The molecule has 0 aliphatic heterocycles. The number of pyridine rings is 1. The summed E-state index contributed by atoms with van der Waals surface area (Å²) in [4.78, 5) is 42.7. The molecule has 9 nitrogen and oxygen atoms in total. The highest BCUT2D eigenvalue weighted by Gasteiger charge is 2.22. The lowest BCUT2D eigenvalue weighted by molar-refractivity contribution is 0.0696. The Morgan fingerprint density at radius 2 is 1.62 bits per heavy atom. The number of fused-ring (bicyclic) bond motifs is 2. The van der Waals surface area contributed by atoms with Crippen LogP contribution in [0, 0.1) is 0 Å². The van der Waals surface area contributed by atoms with Gasteiger partial charge in [0.1, 0.15) is 12.0 Å². The second kappa shape index (κ2) is 9.71. The van der Waals surface area contributed by atoms with Crippen LogP contribution < -0.4 is 5.32 Å². The molecule has 0 aliphatic rings. The van der Waals surface area contributed by atoms with Crippen LogP contribution in [-0.4, -0.2) is 37.3 Å². The molecule has 0 bridgehead atoms. The molecule has 6 aromatic rings. The Morgan fingerprint density at radius 1 is 0.846 bits per heavy atom. The molecule has 190 valence electrons. The third-order valence-electron chi connectivity index (χ3n) is 6.49. The molecule has 0 radical (unpaired) electrons. The molecule has 2 N–H and O–H groups in total. The number of ketones is 1. The summed E-state index contributed by atoms with van der Waals surface area (Å²) in [6, 6.07) is 22.9. The SMILES string of the molecule is O=C(O)c1ccc(CNC(=O)c2cc(-c3cnoc3)cc3cnc(C(=O)c4ccc5ccccc5c4)n23)cc1. The van der Waals surface area contributed by atoms with E-state index in [4.69, 9.17) is 9.63 Å². The van der Waals surface area contributed by atoms with Gasteiger partial charge in [-0.05, 0) is 52.2 Å². The number of rotatable bonds is 7. The molecule has 3 aromatic carbocycles. The minimum absolute atomic E-state index is 0.105. The van der Waals surface area contributed by atoms with Gasteiger partial charge in [-0.15, -0.1) is 0 Å². The zero-order valence-electron chi connectivity index (χ0n) is 20.4. The number of benzene rings is 3. The first kappa shape index (κ1) is 23.8. The van der Waals surface area contributed by atoms with E-state index in [0.29, 0.717) is 22.2 Å². The van der Waals surface area contributed by atoms with Crippen molar-refractivity contribution in [3.63, 3.8) is 0 Å². The van der Waals surface area contributed by atoms with Crippen LogP contribution in [0.3, 0.4) is 0 Å². The predicted octanol–water partition coefficient (Wildman–Crippen LogP) is 5.00. The molecule has 3 heterocycles. The van der Waals surface area contributed by atoms with Gasteiger partial charge >= 0.3 is 5.97 Å². The summed E-state index contributed by atoms with van der Waals surface area (Å²) in [5.74, 6) is -1.68. The van der Waals surface area contributed by atoms with Crippen LogP contribution in [0.25, 0.3) is 27.4 Å². The van der Waals surface area contributed by atoms with Crippen LogP contribution >= 0.6 is 0 Å². The summed E-state index contributed by atoms with van der Waals surface area (Å²) in [5, 5.41) is 17.7. The first-order chi connectivity index (χ1) is 19.0. The molecule has 0 saturated carbocycles. The number of carbonyl (C=O) groups excluding carboxylic acids is 2. The Labute approximate surface area is 221 Å². The maximum absolute atomic E-state index is 13.6. The first-order valence-corrected chi connectivity index (χ1v) is 12.0. The molecule has 0 unspecified atom stereocenters. The molecule has 0 fully saturated rings. The normalized spacial score (nSPS) is 11.1. The van der Waals surface area contributed by atoms with Crippen LogP contribution in [0.5, 0.6) is 0 Å². The summed E-state index contributed by atoms with van der Waals surface area (Å²) in [6.45, 7) is 0.153. The number of amides is 1. The van der Waals surface area contributed by atoms with Crippen LogP contribution in [0.1, 0.15) is 42.6 Å². The van der Waals surface area contributed by atoms with E-state index < -0.39 is 11.9 Å². The van der Waals surface area contributed by atoms with Crippen molar-refractivity contribution in [2.45, 2.75) is 6.54 Å². The van der Waals surface area contributed by atoms with E-state index >= 15 is 0 Å². The van der Waals surface area contributed by atoms with Gasteiger partial charge in [-0.25, -0.2) is 9.78 Å². The van der Waals surface area contributed by atoms with E-state index in [-0.39, 0.29) is 29.4 Å². The molecule has 6 rings (SSSR count). The number of hydrogen-bond acceptors (Lipinski definition) is 6. The summed E-state index contributed by atoms with van der Waals surface area (Å²) in [5.41, 5.74) is 3.42. The van der Waals surface area contributed by atoms with E-state index in [2.05, 4.69) is 15.5 Å². The van der Waals surface area contributed by atoms with E-state index in [1.807, 2.05) is 36.4 Å². The van der Waals surface area contributed by atoms with Gasteiger partial charge in [-0.3, -0.25) is 14.0 Å². The number of hydrogen-bond donors (Lipinski definition) is 2. The summed E-state index contributed by atoms with van der Waals surface area (Å²) >= 11 is 0. The van der Waals surface area contributed by atoms with Gasteiger partial charge in [-0.1, -0.05) is 53.7 Å². The first-order valence-electron chi connectivity index (χ1n) is 12.0. The zero-order valence-corrected chi connectivity index (χ0v) is 20.4. The van der Waals surface area contributed by atoms with Crippen molar-refractivity contribution < 1.29 is 24.0 Å². The van der Waals surface area contributed by atoms with E-state index in [1.165, 1.54) is 29.0 Å². The molecular weight excluding hydrogens is 496 g/mol. The molecule has 0 atom stereocenters. The number of carbonyl (C=O) groups is 3. The largest absolute Gasteiger partial charge is 0.478 e. The van der Waals surface area contributed by atoms with Crippen molar-refractivity contribution in [1.29, 1.82) is 0 Å². The van der Waals surface area contributed by atoms with Crippen molar-refractivity contribution in [2.75, 3.05) is 0 Å². The van der Waals surface area contributed by atoms with Gasteiger partial charge in [0, 0.05) is 17.7 Å². The van der Waals surface area contributed by atoms with Crippen LogP contribution in [0.15, 0.2) is 102 Å². The van der Waals surface area contributed by atoms with Crippen LogP contribution in [-0.2, 0) is 6.54 Å². The minimum atomic E-state index is -1.03. The number of nitrogens with zero attached hydrogens (tertiary/aromatic N) is 3. The lowest BCUT2D eigenvalue weighted by Crippen LogP contribution is -2.26. The molecule has 0 aliphatic carbocycles. The van der Waals surface area contributed by atoms with E-state index in [9.17, 15) is 14.4 Å². The minimum Gasteiger partial charge on any atom is -0.478 e. The number of aromatic nitrogens is 3. The Kier molecular flexibility index (Phi) is 5.93. The maximum atomic E-state index is 13.6. The average molecular weight is 517 g/mol. The van der Waals surface area contributed by atoms with Gasteiger partial charge in [0.25, 0.3) is 5.91 Å². The molecule has 39 heavy (non-hydrogen) atoms. The molecule has 1 amide bonds. The van der Waals surface area contributed by atoms with Crippen LogP contribution in [0.2, 0.25) is 0 Å². The van der Waals surface area contributed by atoms with Gasteiger partial charge in [-0.2, -0.15) is 0 Å². The number of carboxylic acid groups (broad SMARTS) is 1. The smallest absolute Gasteiger partial charge is 0.335 e. The Bertz CT molecular complexity index is 1870. The molecular formula is C30H20N4O5. The Balaban J connectivity index is 1.39. The lowest BCUT2D eigenvalue weighted by atomic mass is 10.0. The number of carboxylic acids is 1. The van der Waals surface area contributed by atoms with Gasteiger partial charge in [0.05, 0.1) is 23.5 Å². The van der Waals surface area contributed by atoms with Crippen molar-refractivity contribution >= 4 is 33.9 Å². The van der Waals surface area contributed by atoms with Crippen molar-refractivity contribution in [1.82, 2.24) is 19.9 Å². The highest BCUT2D eigenvalue weighted by molar-refractivity contribution is 6.10. The van der Waals surface area contributed by atoms with Crippen LogP contribution in [0.4, 0.5) is 0 Å². The zero-order chi connectivity index (χ0) is 26.9. The summed E-state index contributed by atoms with van der Waals surface area (Å²) in [7, 11) is 0. The highest BCUT2D eigenvalue weighted by atomic mass is 16.5. The molecule has 9 heteroatoms. The maximum Gasteiger partial charge on any atom is 0.335 e. The number of imidazole rings is 1. The van der Waals surface area contributed by atoms with E-state index in [0.717, 1.165) is 16.3 Å². The average Bonchev–Trinajstić information content (AvgIpc) is 3.66. The van der Waals surface area contributed by atoms with E-state index in [1.54, 1.807) is 36.5 Å². The van der Waals surface area contributed by atoms with Crippen molar-refractivity contribution in [3.05, 3.63) is 126 Å². The Hall–Kier alpha value is -5.57. The monoisotopic (exact) mass is 516 g/mol. The third kappa shape index (κ3) is 4.53. The van der Waals surface area contributed by atoms with Gasteiger partial charge in [0.2, 0.25) is 5.78 Å². The van der Waals surface area contributed by atoms with Gasteiger partial charge in [0.15, 0.2) is 5.82 Å². The third-order valence-corrected chi connectivity index (χ3v) is 6.49. The fourth-order valence-electron chi connectivity index (χ4n) is 4.47. The topological polar surface area (TPSA) is 127 Å². The standard InChI is InChI=1S/C30H20N4O5/c35-27(22-10-9-19-3-1-2-4-21(19)11-22)28-31-16-25-12-23(24-15-33-39-17-24)13-26(34(25)28)29(36)32-14-18-5-7-20(8-6-18)30(37)38/h1-13,15-17H,14H2,(H,32,36)(H,37,38). The second-order valence-corrected chi connectivity index (χ2v) is 8.96. The number of aromatic carboxylic acids is 1. The quantitative estimate of drug-likeness (QED) is 0.286. The second-order valence-electron chi connectivity index (χ2n) is 8.96. The summed E-state index contributed by atoms with van der Waals surface area (Å²) in [6.07, 6.45) is 4.55. The molecule has 3 aromatic heterocycles. The lowest BCUT2D eigenvalue weighted by Gasteiger charge is -2.12. The Morgan fingerprint density at radius 3 is 2.36 bits per heavy atom. The summed E-state index contributed by atoms with van der Waals surface area (Å²) < 4.78 is 6.52.